The molecule has 0 saturated heterocycles. The molecule has 7 heteroatoms. The van der Waals surface area contributed by atoms with Crippen LogP contribution in [0.25, 0.3) is 0 Å². The molecule has 1 aromatic carbocycles. The average molecular weight is 400 g/mol. The minimum Gasteiger partial charge on any atom is -0.289 e. The van der Waals surface area contributed by atoms with E-state index in [0.717, 1.165) is 0 Å². The Morgan fingerprint density at radius 3 is 2.06 bits per heavy atom. The second kappa shape index (κ2) is 5.14. The first-order valence-electron chi connectivity index (χ1n) is 4.54. The zero-order valence-corrected chi connectivity index (χ0v) is 12.4. The lowest BCUT2D eigenvalue weighted by Gasteiger charge is -2.02. The highest BCUT2D eigenvalue weighted by Crippen LogP contribution is 2.33. The van der Waals surface area contributed by atoms with Gasteiger partial charge in [0, 0.05) is 11.1 Å². The van der Waals surface area contributed by atoms with Crippen molar-refractivity contribution in [3.8, 4) is 0 Å². The molecule has 94 valence electrons. The highest BCUT2D eigenvalue weighted by atomic mass is 79.9. The van der Waals surface area contributed by atoms with Crippen LogP contribution in [0.1, 0.15) is 15.9 Å². The summed E-state index contributed by atoms with van der Waals surface area (Å²) in [4.78, 5) is 12.0. The number of ketones is 1. The number of thiophene rings is 1. The highest BCUT2D eigenvalue weighted by Gasteiger charge is 2.19. The summed E-state index contributed by atoms with van der Waals surface area (Å²) in [6, 6.07) is 2.88. The van der Waals surface area contributed by atoms with E-state index >= 15 is 0 Å². The molecule has 2 rings (SSSR count). The Balaban J connectivity index is 2.50. The third-order valence-electron chi connectivity index (χ3n) is 2.15. The summed E-state index contributed by atoms with van der Waals surface area (Å²) in [5.74, 6) is -4.94. The molecule has 0 bridgehead atoms. The monoisotopic (exact) mass is 398 g/mol. The normalized spacial score (nSPS) is 10.7. The third-order valence-corrected chi connectivity index (χ3v) is 4.49. The summed E-state index contributed by atoms with van der Waals surface area (Å²) in [6.07, 6.45) is 0. The molecule has 1 aromatic heterocycles. The largest absolute Gasteiger partial charge is 0.289 e. The van der Waals surface area contributed by atoms with Gasteiger partial charge in [-0.1, -0.05) is 0 Å². The van der Waals surface area contributed by atoms with Gasteiger partial charge < -0.3 is 0 Å². The van der Waals surface area contributed by atoms with Gasteiger partial charge in [-0.15, -0.1) is 11.3 Å². The number of hydrogen-bond acceptors (Lipinski definition) is 2. The van der Waals surface area contributed by atoms with Crippen molar-refractivity contribution < 1.29 is 18.0 Å². The Labute approximate surface area is 121 Å². The van der Waals surface area contributed by atoms with Crippen LogP contribution in [0.4, 0.5) is 13.2 Å². The van der Waals surface area contributed by atoms with Gasteiger partial charge in [0.1, 0.15) is 0 Å². The van der Waals surface area contributed by atoms with Crippen molar-refractivity contribution in [2.75, 3.05) is 0 Å². The standard InChI is InChI=1S/C11H3Br2F3OS/c12-8-3-5(11(13)18-8)10(17)4-1-6(14)9(16)7(15)2-4/h1-3H. The molecule has 1 nitrogen and oxygen atoms in total. The van der Waals surface area contributed by atoms with Crippen LogP contribution in [0.15, 0.2) is 25.8 Å². The first-order valence-corrected chi connectivity index (χ1v) is 6.94. The quantitative estimate of drug-likeness (QED) is 0.517. The fraction of sp³-hybridized carbons (Fsp3) is 0. The molecule has 18 heavy (non-hydrogen) atoms. The van der Waals surface area contributed by atoms with E-state index in [0.29, 0.717) is 19.7 Å². The van der Waals surface area contributed by atoms with Crippen molar-refractivity contribution in [1.29, 1.82) is 0 Å². The van der Waals surface area contributed by atoms with E-state index in [9.17, 15) is 18.0 Å². The lowest BCUT2D eigenvalue weighted by Crippen LogP contribution is -2.04. The summed E-state index contributed by atoms with van der Waals surface area (Å²) >= 11 is 7.62. The van der Waals surface area contributed by atoms with Crippen LogP contribution in [0.2, 0.25) is 0 Å². The first-order chi connectivity index (χ1) is 8.40. The molecule has 0 aliphatic rings. The minimum absolute atomic E-state index is 0.239. The van der Waals surface area contributed by atoms with Crippen molar-refractivity contribution in [2.24, 2.45) is 0 Å². The van der Waals surface area contributed by atoms with E-state index in [-0.39, 0.29) is 11.1 Å². The van der Waals surface area contributed by atoms with Crippen LogP contribution >= 0.6 is 43.2 Å². The van der Waals surface area contributed by atoms with Crippen molar-refractivity contribution in [3.05, 3.63) is 54.4 Å². The molecule has 0 atom stereocenters. The van der Waals surface area contributed by atoms with E-state index in [4.69, 9.17) is 0 Å². The Kier molecular flexibility index (Phi) is 3.93. The summed E-state index contributed by atoms with van der Waals surface area (Å²) in [6.45, 7) is 0. The predicted octanol–water partition coefficient (Wildman–Crippen LogP) is 4.92. The first kappa shape index (κ1) is 13.8. The van der Waals surface area contributed by atoms with Gasteiger partial charge in [-0.25, -0.2) is 13.2 Å². The molecule has 0 fully saturated rings. The SMILES string of the molecule is O=C(c1cc(F)c(F)c(F)c1)c1cc(Br)sc1Br. The van der Waals surface area contributed by atoms with Crippen LogP contribution in [-0.2, 0) is 0 Å². The van der Waals surface area contributed by atoms with E-state index in [1.54, 1.807) is 0 Å². The summed E-state index contributed by atoms with van der Waals surface area (Å²) in [5.41, 5.74) is 0.0229. The van der Waals surface area contributed by atoms with E-state index in [1.807, 2.05) is 0 Å². The highest BCUT2D eigenvalue weighted by molar-refractivity contribution is 9.12. The molecular weight excluding hydrogens is 397 g/mol. The third kappa shape index (κ3) is 2.53. The van der Waals surface area contributed by atoms with Crippen LogP contribution < -0.4 is 0 Å². The number of carbonyl (C=O) groups excluding carboxylic acids is 1. The van der Waals surface area contributed by atoms with Gasteiger partial charge in [0.05, 0.1) is 7.57 Å². The molecule has 0 amide bonds. The molecule has 0 unspecified atom stereocenters. The maximum Gasteiger partial charge on any atom is 0.195 e. The van der Waals surface area contributed by atoms with Crippen molar-refractivity contribution in [1.82, 2.24) is 0 Å². The number of rotatable bonds is 2. The minimum atomic E-state index is -1.59. The summed E-state index contributed by atoms with van der Waals surface area (Å²) < 4.78 is 40.1. The topological polar surface area (TPSA) is 17.1 Å². The fourth-order valence-corrected chi connectivity index (χ4v) is 4.13. The number of hydrogen-bond donors (Lipinski definition) is 0. The summed E-state index contributed by atoms with van der Waals surface area (Å²) in [7, 11) is 0. The van der Waals surface area contributed by atoms with Crippen LogP contribution in [-0.4, -0.2) is 5.78 Å². The molecule has 0 spiro atoms. The van der Waals surface area contributed by atoms with Gasteiger partial charge in [-0.2, -0.15) is 0 Å². The molecular formula is C11H3Br2F3OS. The molecule has 0 radical (unpaired) electrons. The number of carbonyl (C=O) groups is 1. The van der Waals surface area contributed by atoms with Gasteiger partial charge >= 0.3 is 0 Å². The average Bonchev–Trinajstić information content (AvgIpc) is 2.63. The van der Waals surface area contributed by atoms with Crippen LogP contribution in [0.5, 0.6) is 0 Å². The molecule has 1 heterocycles. The fourth-order valence-electron chi connectivity index (χ4n) is 1.34. The van der Waals surface area contributed by atoms with Crippen molar-refractivity contribution in [2.45, 2.75) is 0 Å². The predicted molar refractivity (Wildman–Crippen MR) is 69.5 cm³/mol. The van der Waals surface area contributed by atoms with Gasteiger partial charge in [-0.05, 0) is 50.1 Å². The second-order valence-electron chi connectivity index (χ2n) is 3.32. The van der Waals surface area contributed by atoms with Gasteiger partial charge in [0.2, 0.25) is 0 Å². The maximum absolute atomic E-state index is 13.0. The smallest absolute Gasteiger partial charge is 0.195 e. The van der Waals surface area contributed by atoms with E-state index in [2.05, 4.69) is 31.9 Å². The number of benzene rings is 1. The van der Waals surface area contributed by atoms with Crippen LogP contribution in [0.3, 0.4) is 0 Å². The Morgan fingerprint density at radius 1 is 1.06 bits per heavy atom. The zero-order chi connectivity index (χ0) is 13.4. The Hall–Kier alpha value is -0.660. The molecule has 2 aromatic rings. The molecule has 0 N–H and O–H groups in total. The molecule has 0 aliphatic carbocycles. The second-order valence-corrected chi connectivity index (χ2v) is 7.07. The van der Waals surface area contributed by atoms with Gasteiger partial charge in [0.25, 0.3) is 0 Å². The zero-order valence-electron chi connectivity index (χ0n) is 8.44. The van der Waals surface area contributed by atoms with Crippen molar-refractivity contribution >= 4 is 49.0 Å². The van der Waals surface area contributed by atoms with Gasteiger partial charge in [-0.3, -0.25) is 4.79 Å². The summed E-state index contributed by atoms with van der Waals surface area (Å²) in [5, 5.41) is 0. The maximum atomic E-state index is 13.0. The van der Waals surface area contributed by atoms with Crippen molar-refractivity contribution in [3.63, 3.8) is 0 Å². The lowest BCUT2D eigenvalue weighted by molar-refractivity contribution is 0.103. The Bertz CT molecular complexity index is 616. The van der Waals surface area contributed by atoms with E-state index < -0.39 is 23.2 Å². The Morgan fingerprint density at radius 2 is 1.61 bits per heavy atom. The van der Waals surface area contributed by atoms with Crippen LogP contribution in [0, 0.1) is 17.5 Å². The van der Waals surface area contributed by atoms with Gasteiger partial charge in [0.15, 0.2) is 23.2 Å². The molecule has 0 saturated carbocycles. The van der Waals surface area contributed by atoms with E-state index in [1.165, 1.54) is 17.4 Å². The lowest BCUT2D eigenvalue weighted by atomic mass is 10.1. The molecule has 0 aliphatic heterocycles. The number of halogens is 5.